The number of aliphatic hydroxyl groups excluding tert-OH is 1. The smallest absolute Gasteiger partial charge is 0.103 e. The van der Waals surface area contributed by atoms with Crippen LogP contribution in [0.2, 0.25) is 0 Å². The summed E-state index contributed by atoms with van der Waals surface area (Å²) in [4.78, 5) is 3.04. The fourth-order valence-corrected chi connectivity index (χ4v) is 2.52. The molecule has 0 aliphatic heterocycles. The molecular weight excluding hydrogens is 232 g/mol. The van der Waals surface area contributed by atoms with Crippen LogP contribution in [0.4, 0.5) is 5.69 Å². The zero-order chi connectivity index (χ0) is 12.7. The summed E-state index contributed by atoms with van der Waals surface area (Å²) in [5, 5.41) is 18.3. The van der Waals surface area contributed by atoms with Gasteiger partial charge >= 0.3 is 0 Å². The normalized spacial score (nSPS) is 10.0. The third-order valence-corrected chi connectivity index (χ3v) is 3.45. The van der Waals surface area contributed by atoms with E-state index >= 15 is 0 Å². The van der Waals surface area contributed by atoms with E-state index in [1.165, 1.54) is 0 Å². The maximum Gasteiger partial charge on any atom is 0.103 e. The molecule has 17 heavy (non-hydrogen) atoms. The van der Waals surface area contributed by atoms with E-state index in [4.69, 9.17) is 5.11 Å². The van der Waals surface area contributed by atoms with Crippen molar-refractivity contribution in [1.29, 1.82) is 5.26 Å². The van der Waals surface area contributed by atoms with Gasteiger partial charge in [-0.15, -0.1) is 11.8 Å². The van der Waals surface area contributed by atoms with Crippen molar-refractivity contribution in [3.63, 3.8) is 0 Å². The SMILES string of the molecule is CCSc1cccc(N(CC)CCO)c1C#N. The van der Waals surface area contributed by atoms with Crippen molar-refractivity contribution < 1.29 is 5.11 Å². The first-order valence-corrected chi connectivity index (χ1v) is 6.78. The molecule has 0 heterocycles. The van der Waals surface area contributed by atoms with Gasteiger partial charge in [0, 0.05) is 18.0 Å². The number of rotatable bonds is 6. The zero-order valence-corrected chi connectivity index (χ0v) is 11.1. The number of nitriles is 1. The van der Waals surface area contributed by atoms with E-state index in [0.717, 1.165) is 28.4 Å². The third kappa shape index (κ3) is 3.39. The van der Waals surface area contributed by atoms with Crippen molar-refractivity contribution >= 4 is 17.4 Å². The molecule has 0 amide bonds. The van der Waals surface area contributed by atoms with Crippen LogP contribution in [0.25, 0.3) is 0 Å². The molecule has 0 fully saturated rings. The van der Waals surface area contributed by atoms with Crippen LogP contribution in [0.1, 0.15) is 19.4 Å². The molecule has 1 rings (SSSR count). The second kappa shape index (κ2) is 7.21. The molecule has 0 atom stereocenters. The van der Waals surface area contributed by atoms with Gasteiger partial charge in [-0.2, -0.15) is 5.26 Å². The highest BCUT2D eigenvalue weighted by Crippen LogP contribution is 2.29. The number of aliphatic hydroxyl groups is 1. The van der Waals surface area contributed by atoms with E-state index in [9.17, 15) is 5.26 Å². The van der Waals surface area contributed by atoms with Crippen molar-refractivity contribution in [2.75, 3.05) is 30.3 Å². The van der Waals surface area contributed by atoms with Gasteiger partial charge in [-0.05, 0) is 24.8 Å². The number of likely N-dealkylation sites (N-methyl/N-ethyl adjacent to an activating group) is 1. The number of nitrogens with zero attached hydrogens (tertiary/aromatic N) is 2. The van der Waals surface area contributed by atoms with Crippen LogP contribution in [0, 0.1) is 11.3 Å². The van der Waals surface area contributed by atoms with Crippen LogP contribution in [0.3, 0.4) is 0 Å². The summed E-state index contributed by atoms with van der Waals surface area (Å²) in [6.07, 6.45) is 0. The largest absolute Gasteiger partial charge is 0.395 e. The van der Waals surface area contributed by atoms with Gasteiger partial charge in [0.15, 0.2) is 0 Å². The minimum absolute atomic E-state index is 0.101. The van der Waals surface area contributed by atoms with E-state index < -0.39 is 0 Å². The summed E-state index contributed by atoms with van der Waals surface area (Å²) in [6, 6.07) is 8.16. The van der Waals surface area contributed by atoms with Gasteiger partial charge in [0.2, 0.25) is 0 Å². The van der Waals surface area contributed by atoms with Crippen molar-refractivity contribution in [3.8, 4) is 6.07 Å². The van der Waals surface area contributed by atoms with Crippen LogP contribution >= 0.6 is 11.8 Å². The first-order chi connectivity index (χ1) is 8.28. The molecule has 0 aliphatic rings. The average molecular weight is 250 g/mol. The highest BCUT2D eigenvalue weighted by atomic mass is 32.2. The second-order valence-electron chi connectivity index (χ2n) is 3.50. The van der Waals surface area contributed by atoms with Crippen molar-refractivity contribution in [1.82, 2.24) is 0 Å². The molecular formula is C13H18N2OS. The number of hydrogen-bond donors (Lipinski definition) is 1. The van der Waals surface area contributed by atoms with E-state index in [2.05, 4.69) is 13.0 Å². The molecule has 0 aliphatic carbocycles. The van der Waals surface area contributed by atoms with E-state index in [-0.39, 0.29) is 6.61 Å². The summed E-state index contributed by atoms with van der Waals surface area (Å²) >= 11 is 1.67. The lowest BCUT2D eigenvalue weighted by Gasteiger charge is -2.24. The summed E-state index contributed by atoms with van der Waals surface area (Å²) < 4.78 is 0. The van der Waals surface area contributed by atoms with Gasteiger partial charge in [0.25, 0.3) is 0 Å². The molecule has 0 saturated carbocycles. The van der Waals surface area contributed by atoms with E-state index in [1.54, 1.807) is 11.8 Å². The van der Waals surface area contributed by atoms with Gasteiger partial charge in [-0.25, -0.2) is 0 Å². The molecule has 0 spiro atoms. The highest BCUT2D eigenvalue weighted by Gasteiger charge is 2.12. The average Bonchev–Trinajstić information content (AvgIpc) is 2.36. The van der Waals surface area contributed by atoms with Crippen LogP contribution in [-0.4, -0.2) is 30.6 Å². The molecule has 0 aromatic heterocycles. The zero-order valence-electron chi connectivity index (χ0n) is 10.3. The lowest BCUT2D eigenvalue weighted by Crippen LogP contribution is -2.27. The Balaban J connectivity index is 3.14. The fourth-order valence-electron chi connectivity index (χ4n) is 1.74. The van der Waals surface area contributed by atoms with Gasteiger partial charge in [-0.3, -0.25) is 0 Å². The lowest BCUT2D eigenvalue weighted by molar-refractivity contribution is 0.302. The summed E-state index contributed by atoms with van der Waals surface area (Å²) in [5.74, 6) is 0.949. The summed E-state index contributed by atoms with van der Waals surface area (Å²) in [6.45, 7) is 5.55. The monoisotopic (exact) mass is 250 g/mol. The molecule has 1 N–H and O–H groups in total. The Morgan fingerprint density at radius 3 is 2.71 bits per heavy atom. The molecule has 92 valence electrons. The quantitative estimate of drug-likeness (QED) is 0.788. The molecule has 0 saturated heterocycles. The Morgan fingerprint density at radius 2 is 2.18 bits per heavy atom. The van der Waals surface area contributed by atoms with E-state index in [0.29, 0.717) is 6.54 Å². The Bertz CT molecular complexity index is 401. The first-order valence-electron chi connectivity index (χ1n) is 5.80. The number of benzene rings is 1. The number of hydrogen-bond acceptors (Lipinski definition) is 4. The lowest BCUT2D eigenvalue weighted by atomic mass is 10.1. The summed E-state index contributed by atoms with van der Waals surface area (Å²) in [5.41, 5.74) is 1.64. The van der Waals surface area contributed by atoms with Crippen LogP contribution in [0.15, 0.2) is 23.1 Å². The Morgan fingerprint density at radius 1 is 1.41 bits per heavy atom. The van der Waals surface area contributed by atoms with Crippen molar-refractivity contribution in [2.45, 2.75) is 18.7 Å². The predicted octanol–water partition coefficient (Wildman–Crippen LogP) is 2.49. The topological polar surface area (TPSA) is 47.3 Å². The molecule has 1 aromatic rings. The molecule has 4 heteroatoms. The fraction of sp³-hybridized carbons (Fsp3) is 0.462. The standard InChI is InChI=1S/C13H18N2OS/c1-3-15(8-9-16)12-6-5-7-13(17-4-2)11(12)10-14/h5-7,16H,3-4,8-9H2,1-2H3. The van der Waals surface area contributed by atoms with Gasteiger partial charge in [-0.1, -0.05) is 13.0 Å². The highest BCUT2D eigenvalue weighted by molar-refractivity contribution is 7.99. The molecule has 3 nitrogen and oxygen atoms in total. The van der Waals surface area contributed by atoms with Gasteiger partial charge < -0.3 is 10.0 Å². The van der Waals surface area contributed by atoms with Gasteiger partial charge in [0.1, 0.15) is 6.07 Å². The van der Waals surface area contributed by atoms with Crippen molar-refractivity contribution in [2.24, 2.45) is 0 Å². The minimum Gasteiger partial charge on any atom is -0.395 e. The minimum atomic E-state index is 0.101. The first kappa shape index (κ1) is 13.9. The number of thioether (sulfide) groups is 1. The number of anilines is 1. The Hall–Kier alpha value is -1.18. The van der Waals surface area contributed by atoms with E-state index in [1.807, 2.05) is 30.0 Å². The maximum absolute atomic E-state index is 9.29. The predicted molar refractivity (Wildman–Crippen MR) is 72.5 cm³/mol. The molecule has 0 bridgehead atoms. The van der Waals surface area contributed by atoms with Crippen LogP contribution < -0.4 is 4.90 Å². The molecule has 0 unspecified atom stereocenters. The Kier molecular flexibility index (Phi) is 5.88. The molecule has 1 aromatic carbocycles. The Labute approximate surface area is 107 Å². The summed E-state index contributed by atoms with van der Waals surface area (Å²) in [7, 11) is 0. The van der Waals surface area contributed by atoms with Gasteiger partial charge in [0.05, 0.1) is 17.9 Å². The molecule has 0 radical (unpaired) electrons. The maximum atomic E-state index is 9.29. The third-order valence-electron chi connectivity index (χ3n) is 2.51. The van der Waals surface area contributed by atoms with Crippen LogP contribution in [0.5, 0.6) is 0 Å². The van der Waals surface area contributed by atoms with Crippen LogP contribution in [-0.2, 0) is 0 Å². The second-order valence-corrected chi connectivity index (χ2v) is 4.80. The van der Waals surface area contributed by atoms with Crippen molar-refractivity contribution in [3.05, 3.63) is 23.8 Å².